The van der Waals surface area contributed by atoms with Crippen LogP contribution in [0.5, 0.6) is 0 Å². The maximum Gasteiger partial charge on any atom is 0.310 e. The lowest BCUT2D eigenvalue weighted by Gasteiger charge is -2.08. The van der Waals surface area contributed by atoms with Crippen LogP contribution in [-0.2, 0) is 0 Å². The van der Waals surface area contributed by atoms with E-state index in [4.69, 9.17) is 4.42 Å². The van der Waals surface area contributed by atoms with Gasteiger partial charge in [0.1, 0.15) is 11.9 Å². The van der Waals surface area contributed by atoms with Gasteiger partial charge in [0.15, 0.2) is 10.4 Å². The number of amides is 2. The van der Waals surface area contributed by atoms with Gasteiger partial charge < -0.3 is 15.1 Å². The van der Waals surface area contributed by atoms with E-state index in [1.165, 1.54) is 30.5 Å². The zero-order chi connectivity index (χ0) is 19.4. The number of carbonyl (C=O) groups is 2. The fourth-order valence-electron chi connectivity index (χ4n) is 2.20. The molecule has 3 aromatic rings. The van der Waals surface area contributed by atoms with E-state index in [9.17, 15) is 19.7 Å². The first-order valence-electron chi connectivity index (χ1n) is 7.50. The Hall–Kier alpha value is -3.53. The van der Waals surface area contributed by atoms with Crippen molar-refractivity contribution in [1.82, 2.24) is 4.98 Å². The van der Waals surface area contributed by atoms with Crippen molar-refractivity contribution in [2.75, 3.05) is 10.6 Å². The Balaban J connectivity index is 1.76. The van der Waals surface area contributed by atoms with Gasteiger partial charge in [0.05, 0.1) is 4.92 Å². The molecule has 0 atom stereocenters. The quantitative estimate of drug-likeness (QED) is 0.467. The molecule has 0 saturated carbocycles. The summed E-state index contributed by atoms with van der Waals surface area (Å²) in [7, 11) is 0. The second-order valence-corrected chi connectivity index (χ2v) is 6.02. The van der Waals surface area contributed by atoms with E-state index in [-0.39, 0.29) is 22.7 Å². The standard InChI is InChI=1S/C17H11BrN4O5/c18-15-5-4-14(27-15)17(24)20-11-3-1-2-10(8-11)16(23)21-12-6-7-19-9-13(12)22(25)26/h1-9H,(H,20,24)(H,19,21,23). The average molecular weight is 431 g/mol. The smallest absolute Gasteiger partial charge is 0.310 e. The Morgan fingerprint density at radius 1 is 1.11 bits per heavy atom. The van der Waals surface area contributed by atoms with Crippen LogP contribution in [0.4, 0.5) is 17.1 Å². The van der Waals surface area contributed by atoms with Crippen LogP contribution in [0.2, 0.25) is 0 Å². The van der Waals surface area contributed by atoms with Crippen LogP contribution in [0.15, 0.2) is 63.9 Å². The Bertz CT molecular complexity index is 1030. The molecule has 0 radical (unpaired) electrons. The number of aromatic nitrogens is 1. The molecular weight excluding hydrogens is 420 g/mol. The molecule has 9 nitrogen and oxygen atoms in total. The Morgan fingerprint density at radius 2 is 1.93 bits per heavy atom. The van der Waals surface area contributed by atoms with E-state index in [1.54, 1.807) is 18.2 Å². The zero-order valence-corrected chi connectivity index (χ0v) is 15.1. The number of rotatable bonds is 5. The number of hydrogen-bond donors (Lipinski definition) is 2. The van der Waals surface area contributed by atoms with Crippen molar-refractivity contribution < 1.29 is 18.9 Å². The summed E-state index contributed by atoms with van der Waals surface area (Å²) in [4.78, 5) is 38.6. The van der Waals surface area contributed by atoms with Crippen LogP contribution >= 0.6 is 15.9 Å². The largest absolute Gasteiger partial charge is 0.444 e. The molecule has 1 aromatic carbocycles. The highest BCUT2D eigenvalue weighted by Crippen LogP contribution is 2.23. The summed E-state index contributed by atoms with van der Waals surface area (Å²) in [5, 5.41) is 16.1. The van der Waals surface area contributed by atoms with Crippen molar-refractivity contribution >= 4 is 44.8 Å². The number of anilines is 2. The van der Waals surface area contributed by atoms with E-state index >= 15 is 0 Å². The number of nitrogens with zero attached hydrogens (tertiary/aromatic N) is 2. The Labute approximate surface area is 160 Å². The van der Waals surface area contributed by atoms with Crippen LogP contribution in [0.3, 0.4) is 0 Å². The predicted molar refractivity (Wildman–Crippen MR) is 99.6 cm³/mol. The van der Waals surface area contributed by atoms with Gasteiger partial charge >= 0.3 is 5.69 Å². The summed E-state index contributed by atoms with van der Waals surface area (Å²) in [6.45, 7) is 0. The van der Waals surface area contributed by atoms with E-state index in [0.29, 0.717) is 10.4 Å². The first-order valence-corrected chi connectivity index (χ1v) is 8.30. The minimum atomic E-state index is -0.638. The molecule has 0 fully saturated rings. The molecule has 2 N–H and O–H groups in total. The fourth-order valence-corrected chi connectivity index (χ4v) is 2.51. The molecule has 27 heavy (non-hydrogen) atoms. The third-order valence-corrected chi connectivity index (χ3v) is 3.85. The molecule has 2 heterocycles. The first-order chi connectivity index (χ1) is 12.9. The predicted octanol–water partition coefficient (Wildman–Crippen LogP) is 3.85. The molecule has 0 spiro atoms. The molecule has 136 valence electrons. The normalized spacial score (nSPS) is 10.3. The van der Waals surface area contributed by atoms with E-state index < -0.39 is 16.7 Å². The van der Waals surface area contributed by atoms with Gasteiger partial charge in [-0.25, -0.2) is 0 Å². The highest BCUT2D eigenvalue weighted by atomic mass is 79.9. The Kier molecular flexibility index (Phi) is 5.27. The maximum atomic E-state index is 12.4. The van der Waals surface area contributed by atoms with Gasteiger partial charge in [0.25, 0.3) is 11.8 Å². The third-order valence-electron chi connectivity index (χ3n) is 3.42. The maximum absolute atomic E-state index is 12.4. The van der Waals surface area contributed by atoms with Gasteiger partial charge in [-0.05, 0) is 52.3 Å². The van der Waals surface area contributed by atoms with Crippen LogP contribution in [0, 0.1) is 10.1 Å². The van der Waals surface area contributed by atoms with Gasteiger partial charge in [0, 0.05) is 17.4 Å². The average Bonchev–Trinajstić information content (AvgIpc) is 3.09. The van der Waals surface area contributed by atoms with Gasteiger partial charge in [-0.2, -0.15) is 0 Å². The number of nitrogens with one attached hydrogen (secondary N) is 2. The van der Waals surface area contributed by atoms with Crippen molar-refractivity contribution in [3.05, 3.63) is 81.0 Å². The molecule has 2 aromatic heterocycles. The number of halogens is 1. The lowest BCUT2D eigenvalue weighted by molar-refractivity contribution is -0.384. The topological polar surface area (TPSA) is 127 Å². The van der Waals surface area contributed by atoms with Crippen molar-refractivity contribution in [1.29, 1.82) is 0 Å². The van der Waals surface area contributed by atoms with Gasteiger partial charge in [-0.1, -0.05) is 6.07 Å². The van der Waals surface area contributed by atoms with E-state index in [0.717, 1.165) is 6.20 Å². The molecule has 0 aliphatic rings. The Morgan fingerprint density at radius 3 is 2.63 bits per heavy atom. The highest BCUT2D eigenvalue weighted by molar-refractivity contribution is 9.10. The molecule has 0 unspecified atom stereocenters. The van der Waals surface area contributed by atoms with Crippen LogP contribution in [-0.4, -0.2) is 21.7 Å². The summed E-state index contributed by atoms with van der Waals surface area (Å²) in [6, 6.07) is 10.5. The monoisotopic (exact) mass is 430 g/mol. The molecule has 0 aliphatic carbocycles. The highest BCUT2D eigenvalue weighted by Gasteiger charge is 2.17. The lowest BCUT2D eigenvalue weighted by Crippen LogP contribution is -2.15. The van der Waals surface area contributed by atoms with Gasteiger partial charge in [-0.15, -0.1) is 0 Å². The van der Waals surface area contributed by atoms with Crippen LogP contribution < -0.4 is 10.6 Å². The second kappa shape index (κ2) is 7.79. The first kappa shape index (κ1) is 18.3. The zero-order valence-electron chi connectivity index (χ0n) is 13.5. The fraction of sp³-hybridized carbons (Fsp3) is 0. The summed E-state index contributed by atoms with van der Waals surface area (Å²) in [5.41, 5.74) is 0.275. The second-order valence-electron chi connectivity index (χ2n) is 5.24. The van der Waals surface area contributed by atoms with Gasteiger partial charge in [-0.3, -0.25) is 24.7 Å². The SMILES string of the molecule is O=C(Nc1ccncc1[N+](=O)[O-])c1cccc(NC(=O)c2ccc(Br)o2)c1. The summed E-state index contributed by atoms with van der Waals surface area (Å²) in [5.74, 6) is -0.951. The molecule has 0 saturated heterocycles. The van der Waals surface area contributed by atoms with Crippen LogP contribution in [0.25, 0.3) is 0 Å². The number of furan rings is 1. The molecule has 2 amide bonds. The minimum absolute atomic E-state index is 0.0230. The van der Waals surface area contributed by atoms with Crippen LogP contribution in [0.1, 0.15) is 20.9 Å². The number of benzene rings is 1. The number of nitro groups is 1. The number of pyridine rings is 1. The van der Waals surface area contributed by atoms with Crippen molar-refractivity contribution in [2.24, 2.45) is 0 Å². The van der Waals surface area contributed by atoms with Crippen molar-refractivity contribution in [2.45, 2.75) is 0 Å². The molecule has 3 rings (SSSR count). The van der Waals surface area contributed by atoms with E-state index in [2.05, 4.69) is 31.5 Å². The molecule has 0 bridgehead atoms. The summed E-state index contributed by atoms with van der Waals surface area (Å²) in [6.07, 6.45) is 2.38. The number of carbonyl (C=O) groups excluding carboxylic acids is 2. The minimum Gasteiger partial charge on any atom is -0.444 e. The molecular formula is C17H11BrN4O5. The summed E-state index contributed by atoms with van der Waals surface area (Å²) < 4.78 is 5.58. The molecule has 10 heteroatoms. The van der Waals surface area contributed by atoms with Gasteiger partial charge in [0.2, 0.25) is 0 Å². The molecule has 0 aliphatic heterocycles. The van der Waals surface area contributed by atoms with Crippen molar-refractivity contribution in [3.63, 3.8) is 0 Å². The number of hydrogen-bond acceptors (Lipinski definition) is 6. The lowest BCUT2D eigenvalue weighted by atomic mass is 10.1. The van der Waals surface area contributed by atoms with E-state index in [1.807, 2.05) is 0 Å². The van der Waals surface area contributed by atoms with Crippen molar-refractivity contribution in [3.8, 4) is 0 Å². The third kappa shape index (κ3) is 4.36. The summed E-state index contributed by atoms with van der Waals surface area (Å²) >= 11 is 3.11.